The van der Waals surface area contributed by atoms with Gasteiger partial charge in [-0.25, -0.2) is 8.42 Å². The molecule has 2 amide bonds. The second-order valence-corrected chi connectivity index (χ2v) is 12.9. The number of thiophene rings is 1. The number of fused-ring (bicyclic) bond motifs is 1. The molecule has 3 atom stereocenters. The van der Waals surface area contributed by atoms with Gasteiger partial charge in [0.15, 0.2) is 5.78 Å². The summed E-state index contributed by atoms with van der Waals surface area (Å²) in [4.78, 5) is 45.3. The maximum absolute atomic E-state index is 13.8. The van der Waals surface area contributed by atoms with Crippen molar-refractivity contribution >= 4 is 39.0 Å². The van der Waals surface area contributed by atoms with Gasteiger partial charge in [0.05, 0.1) is 23.9 Å². The minimum Gasteiger partial charge on any atom is -0.340 e. The summed E-state index contributed by atoms with van der Waals surface area (Å²) in [5, 5.41) is 6.50. The fraction of sp³-hybridized carbons (Fsp3) is 0.538. The van der Waals surface area contributed by atoms with Crippen molar-refractivity contribution in [2.24, 2.45) is 5.92 Å². The molecule has 4 heterocycles. The van der Waals surface area contributed by atoms with E-state index in [-0.39, 0.29) is 36.4 Å². The number of rotatable bonds is 8. The van der Waals surface area contributed by atoms with Crippen molar-refractivity contribution in [2.75, 3.05) is 13.1 Å². The van der Waals surface area contributed by atoms with E-state index >= 15 is 0 Å². The lowest BCUT2D eigenvalue weighted by Gasteiger charge is -2.31. The molecular weight excluding hydrogens is 512 g/mol. The van der Waals surface area contributed by atoms with Gasteiger partial charge in [0.1, 0.15) is 12.1 Å². The van der Waals surface area contributed by atoms with E-state index in [0.29, 0.717) is 29.9 Å². The van der Waals surface area contributed by atoms with Crippen LogP contribution in [0.5, 0.6) is 0 Å². The number of aromatic nitrogens is 1. The van der Waals surface area contributed by atoms with E-state index in [2.05, 4.69) is 10.3 Å². The lowest BCUT2D eigenvalue weighted by molar-refractivity contribution is -0.138. The molecule has 0 bridgehead atoms. The number of carbonyl (C=O) groups is 3. The molecule has 1 saturated carbocycles. The summed E-state index contributed by atoms with van der Waals surface area (Å²) in [6.07, 6.45) is 9.44. The SMILES string of the molecule is O=C(NC(CC1CCCCC1)C(=O)N1CCC2C1C(=O)CN2S(=O)(=O)Cc1cccnc1)c1ccsc1. The highest BCUT2D eigenvalue weighted by molar-refractivity contribution is 7.88. The highest BCUT2D eigenvalue weighted by atomic mass is 32.2. The Labute approximate surface area is 221 Å². The van der Waals surface area contributed by atoms with E-state index in [1.54, 1.807) is 29.8 Å². The Kier molecular flexibility index (Phi) is 7.73. The quantitative estimate of drug-likeness (QED) is 0.546. The zero-order valence-electron chi connectivity index (χ0n) is 20.6. The highest BCUT2D eigenvalue weighted by Gasteiger charge is 2.54. The number of likely N-dealkylation sites (tertiary alicyclic amines) is 1. The van der Waals surface area contributed by atoms with Crippen molar-refractivity contribution in [1.29, 1.82) is 0 Å². The fourth-order valence-corrected chi connectivity index (χ4v) is 8.32. The van der Waals surface area contributed by atoms with Crippen molar-refractivity contribution < 1.29 is 22.8 Å². The maximum Gasteiger partial charge on any atom is 0.252 e. The van der Waals surface area contributed by atoms with Crippen LogP contribution in [0, 0.1) is 5.92 Å². The zero-order valence-corrected chi connectivity index (χ0v) is 22.3. The number of pyridine rings is 1. The number of nitrogens with zero attached hydrogens (tertiary/aromatic N) is 3. The number of carbonyl (C=O) groups excluding carboxylic acids is 3. The summed E-state index contributed by atoms with van der Waals surface area (Å²) < 4.78 is 27.7. The summed E-state index contributed by atoms with van der Waals surface area (Å²) in [5.74, 6) is -0.775. The van der Waals surface area contributed by atoms with Gasteiger partial charge >= 0.3 is 0 Å². The first-order valence-electron chi connectivity index (χ1n) is 12.9. The van der Waals surface area contributed by atoms with Crippen LogP contribution in [-0.4, -0.2) is 71.4 Å². The third-order valence-electron chi connectivity index (χ3n) is 7.77. The molecule has 0 spiro atoms. The lowest BCUT2D eigenvalue weighted by atomic mass is 9.84. The predicted octanol–water partition coefficient (Wildman–Crippen LogP) is 2.60. The van der Waals surface area contributed by atoms with E-state index in [1.807, 2.05) is 5.38 Å². The van der Waals surface area contributed by atoms with Crippen molar-refractivity contribution in [3.8, 4) is 0 Å². The Morgan fingerprint density at radius 3 is 2.68 bits per heavy atom. The third-order valence-corrected chi connectivity index (χ3v) is 10.3. The molecule has 2 aromatic rings. The number of hydrogen-bond acceptors (Lipinski definition) is 7. The Morgan fingerprint density at radius 2 is 1.97 bits per heavy atom. The minimum atomic E-state index is -3.77. The Hall–Kier alpha value is -2.63. The molecule has 0 aromatic carbocycles. The Morgan fingerprint density at radius 1 is 1.16 bits per heavy atom. The summed E-state index contributed by atoms with van der Waals surface area (Å²) in [7, 11) is -3.77. The molecular formula is C26H32N4O5S2. The smallest absolute Gasteiger partial charge is 0.252 e. The van der Waals surface area contributed by atoms with Crippen LogP contribution in [0.1, 0.15) is 60.9 Å². The van der Waals surface area contributed by atoms with Gasteiger partial charge in [0.2, 0.25) is 15.9 Å². The summed E-state index contributed by atoms with van der Waals surface area (Å²) >= 11 is 1.41. The van der Waals surface area contributed by atoms with Gasteiger partial charge in [0.25, 0.3) is 5.91 Å². The van der Waals surface area contributed by atoms with Gasteiger partial charge in [-0.1, -0.05) is 38.2 Å². The molecule has 1 aliphatic carbocycles. The van der Waals surface area contributed by atoms with Crippen LogP contribution in [0.25, 0.3) is 0 Å². The van der Waals surface area contributed by atoms with Crippen molar-refractivity contribution in [3.63, 3.8) is 0 Å². The molecule has 37 heavy (non-hydrogen) atoms. The van der Waals surface area contributed by atoms with E-state index in [1.165, 1.54) is 33.2 Å². The summed E-state index contributed by atoms with van der Waals surface area (Å²) in [6.45, 7) is 0.0462. The molecule has 198 valence electrons. The average Bonchev–Trinajstić information content (AvgIpc) is 3.63. The molecule has 2 aromatic heterocycles. The molecule has 3 aliphatic rings. The largest absolute Gasteiger partial charge is 0.340 e. The number of nitrogens with one attached hydrogen (secondary N) is 1. The first-order chi connectivity index (χ1) is 17.8. The third kappa shape index (κ3) is 5.63. The van der Waals surface area contributed by atoms with Gasteiger partial charge in [-0.15, -0.1) is 0 Å². The van der Waals surface area contributed by atoms with Crippen LogP contribution in [0.3, 0.4) is 0 Å². The fourth-order valence-electron chi connectivity index (χ4n) is 5.97. The van der Waals surface area contributed by atoms with Crippen molar-refractivity contribution in [3.05, 3.63) is 52.5 Å². The molecule has 3 fully saturated rings. The number of Topliss-reactive ketones (excluding diaryl/α,β-unsaturated/α-hetero) is 1. The second-order valence-electron chi connectivity index (χ2n) is 10.2. The van der Waals surface area contributed by atoms with E-state index in [0.717, 1.165) is 25.7 Å². The topological polar surface area (TPSA) is 117 Å². The van der Waals surface area contributed by atoms with Gasteiger partial charge in [-0.2, -0.15) is 15.6 Å². The molecule has 5 rings (SSSR count). The molecule has 9 nitrogen and oxygen atoms in total. The monoisotopic (exact) mass is 544 g/mol. The zero-order chi connectivity index (χ0) is 26.0. The normalized spacial score (nSPS) is 23.7. The first kappa shape index (κ1) is 26.0. The molecule has 0 radical (unpaired) electrons. The van der Waals surface area contributed by atoms with Gasteiger partial charge in [0, 0.05) is 24.3 Å². The van der Waals surface area contributed by atoms with E-state index in [9.17, 15) is 22.8 Å². The van der Waals surface area contributed by atoms with Crippen LogP contribution < -0.4 is 5.32 Å². The molecule has 2 aliphatic heterocycles. The van der Waals surface area contributed by atoms with Gasteiger partial charge in [-0.3, -0.25) is 19.4 Å². The second kappa shape index (κ2) is 11.0. The Bertz CT molecular complexity index is 1230. The number of amides is 2. The summed E-state index contributed by atoms with van der Waals surface area (Å²) in [5.41, 5.74) is 1.06. The maximum atomic E-state index is 13.8. The van der Waals surface area contributed by atoms with Crippen molar-refractivity contribution in [2.45, 2.75) is 68.8 Å². The highest BCUT2D eigenvalue weighted by Crippen LogP contribution is 2.34. The van der Waals surface area contributed by atoms with Crippen LogP contribution in [0.2, 0.25) is 0 Å². The lowest BCUT2D eigenvalue weighted by Crippen LogP contribution is -2.53. The number of ketones is 1. The van der Waals surface area contributed by atoms with Crippen LogP contribution in [-0.2, 0) is 25.4 Å². The van der Waals surface area contributed by atoms with Crippen LogP contribution in [0.4, 0.5) is 0 Å². The standard InChI is InChI=1S/C26H32N4O5S2/c31-23-15-30(37(34,35)17-19-7-4-10-27-14-19)22-8-11-29(24(22)23)26(33)21(13-18-5-2-1-3-6-18)28-25(32)20-9-12-36-16-20/h4,7,9-10,12,14,16,18,21-22,24H,1-3,5-6,8,11,13,15,17H2,(H,28,32). The van der Waals surface area contributed by atoms with E-state index in [4.69, 9.17) is 0 Å². The Balaban J connectivity index is 1.33. The average molecular weight is 545 g/mol. The molecule has 1 N–H and O–H groups in total. The van der Waals surface area contributed by atoms with Crippen LogP contribution in [0.15, 0.2) is 41.4 Å². The van der Waals surface area contributed by atoms with Crippen molar-refractivity contribution in [1.82, 2.24) is 19.5 Å². The molecule has 11 heteroatoms. The molecule has 3 unspecified atom stereocenters. The minimum absolute atomic E-state index is 0.240. The number of hydrogen-bond donors (Lipinski definition) is 1. The summed E-state index contributed by atoms with van der Waals surface area (Å²) in [6, 6.07) is 2.94. The predicted molar refractivity (Wildman–Crippen MR) is 139 cm³/mol. The van der Waals surface area contributed by atoms with Crippen LogP contribution >= 0.6 is 11.3 Å². The number of sulfonamides is 1. The molecule has 2 saturated heterocycles. The van der Waals surface area contributed by atoms with Gasteiger partial charge in [-0.05, 0) is 41.8 Å². The first-order valence-corrected chi connectivity index (χ1v) is 15.4. The van der Waals surface area contributed by atoms with Gasteiger partial charge < -0.3 is 10.2 Å². The van der Waals surface area contributed by atoms with E-state index < -0.39 is 28.1 Å².